The molecule has 5 nitrogen and oxygen atoms in total. The third-order valence-corrected chi connectivity index (χ3v) is 5.17. The Labute approximate surface area is 181 Å². The van der Waals surface area contributed by atoms with Gasteiger partial charge in [-0.25, -0.2) is 4.98 Å². The molecule has 4 rings (SSSR count). The standard InChI is InChI=1S/C26H25N3O2/c1-3-15-28(16-4-2)26(30)18-29-24-12-8-7-11-23(24)27-25(29)19-31-22-14-13-20-9-5-6-10-21(20)17-22/h3-14,17H,1-2,15-16,18-19H2. The lowest BCUT2D eigenvalue weighted by atomic mass is 10.1. The van der Waals surface area contributed by atoms with Crippen LogP contribution >= 0.6 is 0 Å². The molecular formula is C26H25N3O2. The molecule has 0 aliphatic heterocycles. The molecule has 31 heavy (non-hydrogen) atoms. The Kier molecular flexibility index (Phi) is 6.13. The van der Waals surface area contributed by atoms with Gasteiger partial charge in [0, 0.05) is 13.1 Å². The van der Waals surface area contributed by atoms with E-state index in [-0.39, 0.29) is 19.1 Å². The first-order valence-corrected chi connectivity index (χ1v) is 10.2. The van der Waals surface area contributed by atoms with Crippen LogP contribution in [0.4, 0.5) is 0 Å². The number of ether oxygens (including phenoxy) is 1. The van der Waals surface area contributed by atoms with E-state index in [1.54, 1.807) is 17.1 Å². The molecule has 0 saturated carbocycles. The van der Waals surface area contributed by atoms with Crippen molar-refractivity contribution in [2.45, 2.75) is 13.2 Å². The van der Waals surface area contributed by atoms with E-state index >= 15 is 0 Å². The molecule has 5 heteroatoms. The van der Waals surface area contributed by atoms with Gasteiger partial charge in [-0.3, -0.25) is 4.79 Å². The Balaban J connectivity index is 1.60. The number of carbonyl (C=O) groups is 1. The van der Waals surface area contributed by atoms with Gasteiger partial charge in [0.1, 0.15) is 24.7 Å². The van der Waals surface area contributed by atoms with Gasteiger partial charge in [0.05, 0.1) is 11.0 Å². The van der Waals surface area contributed by atoms with Gasteiger partial charge in [0.2, 0.25) is 5.91 Å². The number of amides is 1. The van der Waals surface area contributed by atoms with Crippen LogP contribution in [-0.2, 0) is 17.9 Å². The highest BCUT2D eigenvalue weighted by Crippen LogP contribution is 2.23. The van der Waals surface area contributed by atoms with Crippen molar-refractivity contribution in [3.05, 3.63) is 97.9 Å². The summed E-state index contributed by atoms with van der Waals surface area (Å²) in [6, 6.07) is 22.0. The number of hydrogen-bond acceptors (Lipinski definition) is 3. The van der Waals surface area contributed by atoms with E-state index in [1.807, 2.05) is 59.2 Å². The third kappa shape index (κ3) is 4.51. The summed E-state index contributed by atoms with van der Waals surface area (Å²) in [6.07, 6.45) is 3.44. The molecule has 0 aliphatic rings. The lowest BCUT2D eigenvalue weighted by Crippen LogP contribution is -2.34. The van der Waals surface area contributed by atoms with E-state index in [1.165, 1.54) is 0 Å². The van der Waals surface area contributed by atoms with Gasteiger partial charge in [0.15, 0.2) is 0 Å². The van der Waals surface area contributed by atoms with Gasteiger partial charge in [-0.05, 0) is 35.0 Å². The maximum atomic E-state index is 12.9. The minimum atomic E-state index is -0.0186. The minimum Gasteiger partial charge on any atom is -0.486 e. The molecule has 0 spiro atoms. The molecule has 156 valence electrons. The molecule has 0 saturated heterocycles. The molecule has 0 fully saturated rings. The average molecular weight is 412 g/mol. The van der Waals surface area contributed by atoms with Crippen molar-refractivity contribution < 1.29 is 9.53 Å². The largest absolute Gasteiger partial charge is 0.486 e. The van der Waals surface area contributed by atoms with E-state index in [0.29, 0.717) is 18.9 Å². The first kappa shape index (κ1) is 20.4. The number of carbonyl (C=O) groups excluding carboxylic acids is 1. The molecule has 1 aromatic heterocycles. The second-order valence-corrected chi connectivity index (χ2v) is 7.28. The summed E-state index contributed by atoms with van der Waals surface area (Å²) in [5.74, 6) is 1.46. The molecule has 0 N–H and O–H groups in total. The molecule has 4 aromatic rings. The van der Waals surface area contributed by atoms with Gasteiger partial charge >= 0.3 is 0 Å². The molecule has 1 heterocycles. The summed E-state index contributed by atoms with van der Waals surface area (Å²) in [6.45, 7) is 8.89. The fraction of sp³-hybridized carbons (Fsp3) is 0.154. The van der Waals surface area contributed by atoms with Crippen molar-refractivity contribution in [2.24, 2.45) is 0 Å². The predicted molar refractivity (Wildman–Crippen MR) is 125 cm³/mol. The molecule has 3 aromatic carbocycles. The van der Waals surface area contributed by atoms with E-state index < -0.39 is 0 Å². The number of nitrogens with zero attached hydrogens (tertiary/aromatic N) is 3. The predicted octanol–water partition coefficient (Wildman–Crippen LogP) is 4.97. The monoisotopic (exact) mass is 411 g/mol. The summed E-state index contributed by atoms with van der Waals surface area (Å²) in [4.78, 5) is 19.4. The van der Waals surface area contributed by atoms with Crippen LogP contribution in [0.5, 0.6) is 5.75 Å². The molecule has 0 aliphatic carbocycles. The fourth-order valence-electron chi connectivity index (χ4n) is 3.64. The van der Waals surface area contributed by atoms with Crippen LogP contribution < -0.4 is 4.74 Å². The van der Waals surface area contributed by atoms with E-state index in [9.17, 15) is 4.79 Å². The lowest BCUT2D eigenvalue weighted by Gasteiger charge is -2.20. The van der Waals surface area contributed by atoms with Crippen LogP contribution in [0.2, 0.25) is 0 Å². The van der Waals surface area contributed by atoms with Crippen molar-refractivity contribution in [1.82, 2.24) is 14.5 Å². The normalized spacial score (nSPS) is 10.8. The molecule has 0 atom stereocenters. The summed E-state index contributed by atoms with van der Waals surface area (Å²) < 4.78 is 8.00. The zero-order valence-electron chi connectivity index (χ0n) is 17.4. The summed E-state index contributed by atoms with van der Waals surface area (Å²) in [5.41, 5.74) is 1.75. The van der Waals surface area contributed by atoms with E-state index in [4.69, 9.17) is 9.72 Å². The number of hydrogen-bond donors (Lipinski definition) is 0. The van der Waals surface area contributed by atoms with Crippen LogP contribution in [0.1, 0.15) is 5.82 Å². The number of imidazole rings is 1. The first-order chi connectivity index (χ1) is 15.2. The number of para-hydroxylation sites is 2. The summed E-state index contributed by atoms with van der Waals surface area (Å²) >= 11 is 0. The Morgan fingerprint density at radius 1 is 0.968 bits per heavy atom. The number of rotatable bonds is 9. The topological polar surface area (TPSA) is 47.4 Å². The van der Waals surface area contributed by atoms with Gasteiger partial charge in [0.25, 0.3) is 0 Å². The van der Waals surface area contributed by atoms with Crippen molar-refractivity contribution in [3.8, 4) is 5.75 Å². The highest BCUT2D eigenvalue weighted by molar-refractivity contribution is 5.84. The third-order valence-electron chi connectivity index (χ3n) is 5.17. The summed E-state index contributed by atoms with van der Waals surface area (Å²) in [7, 11) is 0. The van der Waals surface area contributed by atoms with E-state index in [0.717, 1.165) is 27.6 Å². The molecule has 0 unspecified atom stereocenters. The Morgan fingerprint density at radius 2 is 1.68 bits per heavy atom. The number of benzene rings is 3. The Bertz CT molecular complexity index is 1230. The zero-order valence-corrected chi connectivity index (χ0v) is 17.4. The fourth-order valence-corrected chi connectivity index (χ4v) is 3.64. The van der Waals surface area contributed by atoms with Crippen LogP contribution in [0.25, 0.3) is 21.8 Å². The second kappa shape index (κ2) is 9.30. The van der Waals surface area contributed by atoms with Crippen molar-refractivity contribution in [2.75, 3.05) is 13.1 Å². The van der Waals surface area contributed by atoms with Crippen LogP contribution in [-0.4, -0.2) is 33.4 Å². The quantitative estimate of drug-likeness (QED) is 0.365. The first-order valence-electron chi connectivity index (χ1n) is 10.2. The maximum Gasteiger partial charge on any atom is 0.243 e. The van der Waals surface area contributed by atoms with Gasteiger partial charge in [-0.2, -0.15) is 0 Å². The minimum absolute atomic E-state index is 0.0186. The maximum absolute atomic E-state index is 12.9. The average Bonchev–Trinajstić information content (AvgIpc) is 3.14. The van der Waals surface area contributed by atoms with Crippen molar-refractivity contribution >= 4 is 27.7 Å². The van der Waals surface area contributed by atoms with Crippen LogP contribution in [0, 0.1) is 0 Å². The molecular weight excluding hydrogens is 386 g/mol. The highest BCUT2D eigenvalue weighted by atomic mass is 16.5. The van der Waals surface area contributed by atoms with Gasteiger partial charge in [-0.1, -0.05) is 54.6 Å². The SMILES string of the molecule is C=CCN(CC=C)C(=O)Cn1c(COc2ccc3ccccc3c2)nc2ccccc21. The molecule has 0 radical (unpaired) electrons. The van der Waals surface area contributed by atoms with Crippen molar-refractivity contribution in [3.63, 3.8) is 0 Å². The smallest absolute Gasteiger partial charge is 0.243 e. The van der Waals surface area contributed by atoms with Crippen molar-refractivity contribution in [1.29, 1.82) is 0 Å². The van der Waals surface area contributed by atoms with Gasteiger partial charge < -0.3 is 14.2 Å². The van der Waals surface area contributed by atoms with Crippen LogP contribution in [0.3, 0.4) is 0 Å². The lowest BCUT2D eigenvalue weighted by molar-refractivity contribution is -0.130. The molecule has 0 bridgehead atoms. The number of fused-ring (bicyclic) bond motifs is 2. The Morgan fingerprint density at radius 3 is 2.45 bits per heavy atom. The van der Waals surface area contributed by atoms with E-state index in [2.05, 4.69) is 25.3 Å². The number of aromatic nitrogens is 2. The van der Waals surface area contributed by atoms with Gasteiger partial charge in [-0.15, -0.1) is 13.2 Å². The summed E-state index contributed by atoms with van der Waals surface area (Å²) in [5, 5.41) is 2.28. The zero-order chi connectivity index (χ0) is 21.6. The Hall–Kier alpha value is -3.86. The second-order valence-electron chi connectivity index (χ2n) is 7.28. The molecule has 1 amide bonds. The van der Waals surface area contributed by atoms with Crippen LogP contribution in [0.15, 0.2) is 92.0 Å². The highest BCUT2D eigenvalue weighted by Gasteiger charge is 2.17.